The molecule has 7 nitrogen and oxygen atoms in total. The number of aliphatic hydroxyl groups excluding tert-OH is 1. The van der Waals surface area contributed by atoms with E-state index in [4.69, 9.17) is 21.0 Å². The zero-order chi connectivity index (χ0) is 21.0. The molecule has 0 amide bonds. The molecule has 0 aliphatic heterocycles. The molecule has 9 heteroatoms. The first-order chi connectivity index (χ1) is 14.1. The van der Waals surface area contributed by atoms with Crippen LogP contribution in [0.25, 0.3) is 10.2 Å². The number of nitrogens with two attached hydrogens (primary N) is 1. The van der Waals surface area contributed by atoms with Crippen LogP contribution in [0, 0.1) is 17.1 Å². The van der Waals surface area contributed by atoms with Gasteiger partial charge in [-0.05, 0) is 42.9 Å². The molecule has 2 heterocycles. The van der Waals surface area contributed by atoms with Gasteiger partial charge in [0.15, 0.2) is 0 Å². The zero-order valence-electron chi connectivity index (χ0n) is 16.3. The Kier molecular flexibility index (Phi) is 6.73. The number of halogens is 1. The van der Waals surface area contributed by atoms with Gasteiger partial charge in [0.25, 0.3) is 0 Å². The molecule has 0 radical (unpaired) electrons. The van der Waals surface area contributed by atoms with E-state index in [1.54, 1.807) is 18.4 Å². The maximum Gasteiger partial charge on any atom is 0.148 e. The third kappa shape index (κ3) is 4.21. The minimum atomic E-state index is -0.478. The number of fused-ring (bicyclic) bond motifs is 3. The fraction of sp³-hybridized carbons (Fsp3) is 0.350. The number of thiophene rings is 1. The van der Waals surface area contributed by atoms with Crippen LogP contribution in [0.2, 0.25) is 0 Å². The lowest BCUT2D eigenvalue weighted by Gasteiger charge is -2.21. The Labute approximate surface area is 172 Å². The van der Waals surface area contributed by atoms with Crippen molar-refractivity contribution < 1.29 is 14.2 Å². The highest BCUT2D eigenvalue weighted by atomic mass is 32.1. The highest BCUT2D eigenvalue weighted by Gasteiger charge is 2.25. The molecule has 2 aromatic heterocycles. The number of nitrogens with zero attached hydrogens (tertiary/aromatic N) is 2. The van der Waals surface area contributed by atoms with Crippen LogP contribution in [0.3, 0.4) is 0 Å². The summed E-state index contributed by atoms with van der Waals surface area (Å²) in [4.78, 5) is 11.0. The number of hydrogen-bond donors (Lipinski definition) is 4. The highest BCUT2D eigenvalue weighted by Crippen LogP contribution is 2.40. The van der Waals surface area contributed by atoms with Crippen LogP contribution in [-0.2, 0) is 17.6 Å². The van der Waals surface area contributed by atoms with E-state index in [0.29, 0.717) is 17.3 Å². The van der Waals surface area contributed by atoms with Crippen molar-refractivity contribution in [2.45, 2.75) is 19.3 Å². The molecule has 3 aromatic rings. The average molecular weight is 418 g/mol. The lowest BCUT2D eigenvalue weighted by molar-refractivity contribution is 0.145. The molecule has 5 N–H and O–H groups in total. The number of aromatic nitrogens is 2. The third-order valence-electron chi connectivity index (χ3n) is 4.93. The van der Waals surface area contributed by atoms with Gasteiger partial charge >= 0.3 is 0 Å². The smallest absolute Gasteiger partial charge is 0.148 e. The number of aliphatic hydroxyl groups is 1. The summed E-state index contributed by atoms with van der Waals surface area (Å²) in [5.41, 5.74) is 7.93. The normalized spacial score (nSPS) is 15.4. The number of aryl methyl sites for hydroxylation is 1. The topological polar surface area (TPSA) is 117 Å². The lowest BCUT2D eigenvalue weighted by atomic mass is 9.88. The number of anilines is 3. The van der Waals surface area contributed by atoms with Crippen LogP contribution in [-0.4, -0.2) is 42.1 Å². The molecule has 1 atom stereocenters. The fourth-order valence-electron chi connectivity index (χ4n) is 3.61. The first-order valence-electron chi connectivity index (χ1n) is 9.16. The van der Waals surface area contributed by atoms with Crippen LogP contribution in [0.1, 0.15) is 22.4 Å². The second-order valence-electron chi connectivity index (χ2n) is 6.70. The van der Waals surface area contributed by atoms with Crippen LogP contribution in [0.5, 0.6) is 0 Å². The van der Waals surface area contributed by atoms with Crippen molar-refractivity contribution in [3.05, 3.63) is 40.3 Å². The van der Waals surface area contributed by atoms with Crippen molar-refractivity contribution in [1.82, 2.24) is 9.97 Å². The Balaban J connectivity index is 0.00000117. The van der Waals surface area contributed by atoms with E-state index in [0.717, 1.165) is 49.4 Å². The summed E-state index contributed by atoms with van der Waals surface area (Å²) in [6, 6.07) is 2.75. The molecule has 0 spiro atoms. The zero-order valence-corrected chi connectivity index (χ0v) is 17.1. The van der Waals surface area contributed by atoms with Gasteiger partial charge in [0.05, 0.1) is 11.1 Å². The molecular formula is C20H24FN5O2S. The maximum absolute atomic E-state index is 14.4. The van der Waals surface area contributed by atoms with Gasteiger partial charge < -0.3 is 26.3 Å². The maximum atomic E-state index is 14.4. The third-order valence-corrected chi connectivity index (χ3v) is 6.09. The number of rotatable bonds is 5. The van der Waals surface area contributed by atoms with E-state index in [-0.39, 0.29) is 11.4 Å². The lowest BCUT2D eigenvalue weighted by Crippen LogP contribution is -2.17. The summed E-state index contributed by atoms with van der Waals surface area (Å²) in [7, 11) is 2.73. The molecule has 29 heavy (non-hydrogen) atoms. The molecule has 0 saturated heterocycles. The average Bonchev–Trinajstić information content (AvgIpc) is 3.10. The second kappa shape index (κ2) is 9.25. The van der Waals surface area contributed by atoms with Crippen LogP contribution in [0.4, 0.5) is 21.6 Å². The van der Waals surface area contributed by atoms with Crippen molar-refractivity contribution in [3.63, 3.8) is 0 Å². The Morgan fingerprint density at radius 2 is 2.21 bits per heavy atom. The quantitative estimate of drug-likeness (QED) is 0.373. The Morgan fingerprint density at radius 1 is 1.41 bits per heavy atom. The minimum absolute atomic E-state index is 0.234. The predicted molar refractivity (Wildman–Crippen MR) is 115 cm³/mol. The first kappa shape index (κ1) is 21.1. The Morgan fingerprint density at radius 3 is 2.93 bits per heavy atom. The van der Waals surface area contributed by atoms with E-state index in [1.807, 2.05) is 0 Å². The van der Waals surface area contributed by atoms with Crippen LogP contribution >= 0.6 is 11.3 Å². The van der Waals surface area contributed by atoms with Gasteiger partial charge in [-0.1, -0.05) is 0 Å². The molecule has 1 unspecified atom stereocenters. The molecule has 0 fully saturated rings. The van der Waals surface area contributed by atoms with Gasteiger partial charge in [-0.15, -0.1) is 11.3 Å². The van der Waals surface area contributed by atoms with E-state index in [1.165, 1.54) is 28.9 Å². The van der Waals surface area contributed by atoms with Crippen molar-refractivity contribution in [2.75, 3.05) is 31.9 Å². The van der Waals surface area contributed by atoms with Crippen molar-refractivity contribution in [2.24, 2.45) is 5.92 Å². The first-order valence-corrected chi connectivity index (χ1v) is 9.97. The Hall–Kier alpha value is -2.62. The van der Waals surface area contributed by atoms with E-state index in [9.17, 15) is 4.39 Å². The second-order valence-corrected chi connectivity index (χ2v) is 7.78. The molecule has 154 valence electrons. The number of nitrogens with one attached hydrogen (secondary N) is 2. The molecular weight excluding hydrogens is 393 g/mol. The minimum Gasteiger partial charge on any atom is -0.400 e. The van der Waals surface area contributed by atoms with Gasteiger partial charge in [0, 0.05) is 43.2 Å². The summed E-state index contributed by atoms with van der Waals surface area (Å²) in [6.45, 7) is 0.757. The van der Waals surface area contributed by atoms with Gasteiger partial charge in [-0.2, -0.15) is 0 Å². The van der Waals surface area contributed by atoms with Gasteiger partial charge in [-0.25, -0.2) is 14.4 Å². The van der Waals surface area contributed by atoms with Crippen LogP contribution < -0.4 is 11.1 Å². The Bertz CT molecular complexity index is 1020. The molecule has 4 rings (SSSR count). The SMILES string of the molecule is CO.COCC1CCc2c(sc3ncnc(Nc4cc(C=N)c(N)cc4F)c23)C1. The number of nitrogen functional groups attached to an aromatic ring is 1. The van der Waals surface area contributed by atoms with Gasteiger partial charge in [0.1, 0.15) is 22.8 Å². The molecule has 1 aliphatic rings. The van der Waals surface area contributed by atoms with Crippen molar-refractivity contribution in [1.29, 1.82) is 5.41 Å². The standard InChI is InChI=1S/C19H20FN5OS.CH4O/c1-26-8-10-2-3-12-16(4-10)27-19-17(12)18(23-9-24-19)25-15-5-11(7-21)14(22)6-13(15)20;1-2/h5-7,9-10,21H,2-4,8,22H2,1H3,(H,23,24,25);2H,1H3. The number of methoxy groups -OCH3 is 1. The summed E-state index contributed by atoms with van der Waals surface area (Å²) in [6.07, 6.45) is 5.55. The highest BCUT2D eigenvalue weighted by molar-refractivity contribution is 7.19. The van der Waals surface area contributed by atoms with Gasteiger partial charge in [0.2, 0.25) is 0 Å². The monoisotopic (exact) mass is 417 g/mol. The van der Waals surface area contributed by atoms with Crippen molar-refractivity contribution in [3.8, 4) is 0 Å². The fourth-order valence-corrected chi connectivity index (χ4v) is 4.91. The van der Waals surface area contributed by atoms with Crippen molar-refractivity contribution >= 4 is 45.0 Å². The predicted octanol–water partition coefficient (Wildman–Crippen LogP) is 3.51. The van der Waals surface area contributed by atoms with E-state index < -0.39 is 5.82 Å². The number of ether oxygens (including phenoxy) is 1. The summed E-state index contributed by atoms with van der Waals surface area (Å²) in [5, 5.41) is 18.5. The van der Waals surface area contributed by atoms with E-state index >= 15 is 0 Å². The van der Waals surface area contributed by atoms with Gasteiger partial charge in [-0.3, -0.25) is 0 Å². The van der Waals surface area contributed by atoms with E-state index in [2.05, 4.69) is 15.3 Å². The molecule has 0 saturated carbocycles. The number of benzene rings is 1. The van der Waals surface area contributed by atoms with Crippen LogP contribution in [0.15, 0.2) is 18.5 Å². The molecule has 1 aliphatic carbocycles. The molecule has 0 bridgehead atoms. The summed E-state index contributed by atoms with van der Waals surface area (Å²) >= 11 is 1.67. The number of hydrogen-bond acceptors (Lipinski definition) is 8. The summed E-state index contributed by atoms with van der Waals surface area (Å²) in [5.74, 6) is 0.626. The summed E-state index contributed by atoms with van der Waals surface area (Å²) < 4.78 is 19.7. The largest absolute Gasteiger partial charge is 0.400 e. The molecule has 1 aromatic carbocycles.